The summed E-state index contributed by atoms with van der Waals surface area (Å²) in [5.74, 6) is 0. The molecule has 0 aliphatic rings. The van der Waals surface area contributed by atoms with Crippen LogP contribution in [0.5, 0.6) is 0 Å². The lowest BCUT2D eigenvalue weighted by molar-refractivity contribution is 0.952. The SMILES string of the molecule is CSN(C)P. The minimum absolute atomic E-state index is 1.68. The number of hydrogen-bond donors (Lipinski definition) is 0. The van der Waals surface area contributed by atoms with Crippen LogP contribution in [0.25, 0.3) is 0 Å². The standard InChI is InChI=1S/C2H8NPS/c1-3(4)5-2/h4H2,1-2H3. The van der Waals surface area contributed by atoms with Crippen molar-refractivity contribution in [3.8, 4) is 0 Å². The van der Waals surface area contributed by atoms with E-state index in [9.17, 15) is 0 Å². The van der Waals surface area contributed by atoms with Gasteiger partial charge in [0.2, 0.25) is 0 Å². The van der Waals surface area contributed by atoms with Crippen LogP contribution in [0.1, 0.15) is 0 Å². The molecule has 1 unspecified atom stereocenters. The summed E-state index contributed by atoms with van der Waals surface area (Å²) in [5, 5.41) is 0. The van der Waals surface area contributed by atoms with Crippen LogP contribution in [0.2, 0.25) is 0 Å². The van der Waals surface area contributed by atoms with E-state index >= 15 is 0 Å². The van der Waals surface area contributed by atoms with Gasteiger partial charge in [0.25, 0.3) is 0 Å². The molecule has 1 nitrogen and oxygen atoms in total. The number of nitrogens with zero attached hydrogens (tertiary/aromatic N) is 1. The molecule has 0 rings (SSSR count). The summed E-state index contributed by atoms with van der Waals surface area (Å²) in [6.45, 7) is 0. The molecule has 0 fully saturated rings. The lowest BCUT2D eigenvalue weighted by Gasteiger charge is -1.98. The van der Waals surface area contributed by atoms with E-state index in [1.165, 1.54) is 0 Å². The first-order valence-electron chi connectivity index (χ1n) is 1.30. The Kier molecular flexibility index (Phi) is 3.39. The molecule has 0 aliphatic carbocycles. The predicted molar refractivity (Wildman–Crippen MR) is 31.0 cm³/mol. The van der Waals surface area contributed by atoms with Gasteiger partial charge in [0.1, 0.15) is 0 Å². The molecule has 0 saturated carbocycles. The Hall–Kier alpha value is 0.740. The molecule has 0 heterocycles. The van der Waals surface area contributed by atoms with Gasteiger partial charge >= 0.3 is 0 Å². The number of hydrogen-bond acceptors (Lipinski definition) is 2. The fourth-order valence-electron chi connectivity index (χ4n) is 0. The third-order valence-corrected chi connectivity index (χ3v) is 1.50. The maximum Gasteiger partial charge on any atom is 0.000996 e. The molecule has 5 heavy (non-hydrogen) atoms. The first-order valence-corrected chi connectivity index (χ1v) is 2.99. The van der Waals surface area contributed by atoms with Gasteiger partial charge in [0.05, 0.1) is 0 Å². The largest absolute Gasteiger partial charge is 0.238 e. The molecule has 0 spiro atoms. The van der Waals surface area contributed by atoms with E-state index in [0.29, 0.717) is 0 Å². The minimum atomic E-state index is 1.68. The van der Waals surface area contributed by atoms with Crippen LogP contribution in [-0.4, -0.2) is 17.4 Å². The van der Waals surface area contributed by atoms with Gasteiger partial charge in [-0.05, 0) is 6.26 Å². The van der Waals surface area contributed by atoms with Crippen LogP contribution >= 0.6 is 21.3 Å². The lowest BCUT2D eigenvalue weighted by Crippen LogP contribution is -1.84. The Morgan fingerprint density at radius 1 is 1.80 bits per heavy atom. The van der Waals surface area contributed by atoms with Crippen molar-refractivity contribution in [2.24, 2.45) is 0 Å². The van der Waals surface area contributed by atoms with Crippen LogP contribution in [0.4, 0.5) is 0 Å². The van der Waals surface area contributed by atoms with Crippen molar-refractivity contribution in [1.29, 1.82) is 0 Å². The van der Waals surface area contributed by atoms with E-state index < -0.39 is 0 Å². The molecule has 0 aliphatic heterocycles. The zero-order chi connectivity index (χ0) is 4.28. The second-order valence-electron chi connectivity index (χ2n) is 0.729. The van der Waals surface area contributed by atoms with Crippen molar-refractivity contribution in [3.63, 3.8) is 0 Å². The molecule has 0 aromatic heterocycles. The average Bonchev–Trinajstić information content (AvgIpc) is 1.38. The molecule has 0 N–H and O–H groups in total. The fraction of sp³-hybridized carbons (Fsp3) is 1.00. The highest BCUT2D eigenvalue weighted by atomic mass is 32.2. The summed E-state index contributed by atoms with van der Waals surface area (Å²) in [5.41, 5.74) is 0. The topological polar surface area (TPSA) is 3.24 Å². The monoisotopic (exact) mass is 109 g/mol. The zero-order valence-corrected chi connectivity index (χ0v) is 5.40. The van der Waals surface area contributed by atoms with Gasteiger partial charge in [-0.25, -0.2) is 4.08 Å². The molecule has 1 atom stereocenters. The average molecular weight is 109 g/mol. The maximum atomic E-state index is 2.53. The van der Waals surface area contributed by atoms with E-state index in [0.717, 1.165) is 0 Å². The molecule has 0 radical (unpaired) electrons. The quantitative estimate of drug-likeness (QED) is 0.365. The Morgan fingerprint density at radius 2 is 2.00 bits per heavy atom. The highest BCUT2D eigenvalue weighted by Crippen LogP contribution is 2.04. The van der Waals surface area contributed by atoms with Gasteiger partial charge in [-0.3, -0.25) is 0 Å². The van der Waals surface area contributed by atoms with Gasteiger partial charge < -0.3 is 0 Å². The summed E-state index contributed by atoms with van der Waals surface area (Å²) in [4.78, 5) is 0. The van der Waals surface area contributed by atoms with Crippen molar-refractivity contribution >= 4 is 21.3 Å². The first kappa shape index (κ1) is 5.74. The lowest BCUT2D eigenvalue weighted by atomic mass is 11.6. The van der Waals surface area contributed by atoms with E-state index in [1.54, 1.807) is 11.9 Å². The van der Waals surface area contributed by atoms with Crippen molar-refractivity contribution in [2.45, 2.75) is 0 Å². The molecular formula is C2H8NPS. The third-order valence-electron chi connectivity index (χ3n) is 0.288. The minimum Gasteiger partial charge on any atom is -0.238 e. The van der Waals surface area contributed by atoms with Crippen LogP contribution < -0.4 is 0 Å². The van der Waals surface area contributed by atoms with Gasteiger partial charge in [-0.2, -0.15) is 0 Å². The van der Waals surface area contributed by atoms with Crippen molar-refractivity contribution < 1.29 is 0 Å². The highest BCUT2D eigenvalue weighted by molar-refractivity contribution is 7.98. The first-order chi connectivity index (χ1) is 2.27. The summed E-state index contributed by atoms with van der Waals surface area (Å²) in [7, 11) is 4.51. The van der Waals surface area contributed by atoms with Crippen LogP contribution in [0, 0.1) is 0 Å². The Labute approximate surface area is 39.5 Å². The molecule has 0 bridgehead atoms. The normalized spacial score (nSPS) is 9.60. The Balaban J connectivity index is 2.54. The van der Waals surface area contributed by atoms with E-state index in [-0.39, 0.29) is 0 Å². The van der Waals surface area contributed by atoms with Crippen LogP contribution in [0.3, 0.4) is 0 Å². The molecule has 0 aromatic rings. The van der Waals surface area contributed by atoms with Crippen LogP contribution in [-0.2, 0) is 0 Å². The Morgan fingerprint density at radius 3 is 2.00 bits per heavy atom. The van der Waals surface area contributed by atoms with Crippen molar-refractivity contribution in [2.75, 3.05) is 13.3 Å². The van der Waals surface area contributed by atoms with Gasteiger partial charge in [-0.15, -0.1) is 0 Å². The van der Waals surface area contributed by atoms with Crippen molar-refractivity contribution in [3.05, 3.63) is 0 Å². The predicted octanol–water partition coefficient (Wildman–Crippen LogP) is 0.986. The summed E-state index contributed by atoms with van der Waals surface area (Å²) < 4.78 is 1.96. The van der Waals surface area contributed by atoms with Gasteiger partial charge in [0, 0.05) is 7.05 Å². The molecule has 0 amide bonds. The molecular weight excluding hydrogens is 101 g/mol. The maximum absolute atomic E-state index is 2.53. The number of rotatable bonds is 1. The van der Waals surface area contributed by atoms with Crippen molar-refractivity contribution in [1.82, 2.24) is 4.08 Å². The second kappa shape index (κ2) is 2.95. The second-order valence-corrected chi connectivity index (χ2v) is 2.82. The summed E-state index contributed by atoms with van der Waals surface area (Å²) >= 11 is 1.68. The molecule has 32 valence electrons. The highest BCUT2D eigenvalue weighted by Gasteiger charge is 1.72. The van der Waals surface area contributed by atoms with E-state index in [2.05, 4.69) is 9.39 Å². The molecule has 3 heteroatoms. The van der Waals surface area contributed by atoms with Gasteiger partial charge in [-0.1, -0.05) is 21.3 Å². The fourth-order valence-corrected chi connectivity index (χ4v) is 0. The summed E-state index contributed by atoms with van der Waals surface area (Å²) in [6, 6.07) is 0. The Bertz CT molecular complexity index is 23.6. The smallest absolute Gasteiger partial charge is 0.000996 e. The molecule has 0 aromatic carbocycles. The van der Waals surface area contributed by atoms with Crippen LogP contribution in [0.15, 0.2) is 0 Å². The van der Waals surface area contributed by atoms with E-state index in [4.69, 9.17) is 0 Å². The van der Waals surface area contributed by atoms with Gasteiger partial charge in [0.15, 0.2) is 0 Å². The van der Waals surface area contributed by atoms with E-state index in [1.807, 2.05) is 17.4 Å². The third kappa shape index (κ3) is 4.74. The zero-order valence-electron chi connectivity index (χ0n) is 3.43. The molecule has 0 saturated heterocycles. The summed E-state index contributed by atoms with van der Waals surface area (Å²) in [6.07, 6.45) is 2.02.